The Kier molecular flexibility index (Phi) is 7.04. The first kappa shape index (κ1) is 22.5. The van der Waals surface area contributed by atoms with E-state index in [1.165, 1.54) is 37.3 Å². The van der Waals surface area contributed by atoms with E-state index in [0.29, 0.717) is 0 Å². The van der Waals surface area contributed by atoms with Crippen molar-refractivity contribution >= 4 is 29.7 Å². The predicted octanol–water partition coefficient (Wildman–Crippen LogP) is 1.79. The summed E-state index contributed by atoms with van der Waals surface area (Å²) in [6.45, 7) is -0.413. The molecule has 0 radical (unpaired) electrons. The second-order valence-corrected chi connectivity index (χ2v) is 7.66. The van der Waals surface area contributed by atoms with Gasteiger partial charge in [-0.2, -0.15) is 0 Å². The third-order valence-electron chi connectivity index (χ3n) is 5.75. The highest BCUT2D eigenvalue weighted by Gasteiger charge is 2.40. The van der Waals surface area contributed by atoms with Crippen molar-refractivity contribution in [2.24, 2.45) is 0 Å². The van der Waals surface area contributed by atoms with Crippen LogP contribution in [0.2, 0.25) is 0 Å². The number of hydrogen-bond donors (Lipinski definition) is 0. The monoisotopic (exact) mass is 430 g/mol. The second-order valence-electron chi connectivity index (χ2n) is 7.66. The highest BCUT2D eigenvalue weighted by molar-refractivity contribution is 6.22. The zero-order valence-electron chi connectivity index (χ0n) is 17.7. The number of fused-ring (bicyclic) bond motifs is 1. The number of benzene rings is 1. The maximum atomic E-state index is 13.0. The molecule has 3 rings (SSSR count). The molecular weight excluding hydrogens is 404 g/mol. The molecule has 1 saturated carbocycles. The van der Waals surface area contributed by atoms with Crippen molar-refractivity contribution in [3.05, 3.63) is 34.9 Å². The van der Waals surface area contributed by atoms with Gasteiger partial charge in [0.2, 0.25) is 0 Å². The summed E-state index contributed by atoms with van der Waals surface area (Å²) in [5.41, 5.74) is 0.618. The van der Waals surface area contributed by atoms with Gasteiger partial charge >= 0.3 is 11.9 Å². The Labute approximate surface area is 180 Å². The highest BCUT2D eigenvalue weighted by atomic mass is 16.5. The van der Waals surface area contributed by atoms with Crippen molar-refractivity contribution in [2.45, 2.75) is 44.6 Å². The Bertz CT molecular complexity index is 905. The van der Waals surface area contributed by atoms with Crippen LogP contribution in [0.5, 0.6) is 0 Å². The number of esters is 2. The van der Waals surface area contributed by atoms with Crippen molar-refractivity contribution in [3.8, 4) is 0 Å². The summed E-state index contributed by atoms with van der Waals surface area (Å²) in [7, 11) is 2.43. The molecule has 9 heteroatoms. The number of rotatable bonds is 7. The molecule has 1 aliphatic heterocycles. The molecule has 0 unspecified atom stereocenters. The van der Waals surface area contributed by atoms with Crippen LogP contribution in [-0.4, -0.2) is 72.8 Å². The highest BCUT2D eigenvalue weighted by Crippen LogP contribution is 2.31. The number of carbonyl (C=O) groups is 5. The smallest absolute Gasteiger partial charge is 0.325 e. The lowest BCUT2D eigenvalue weighted by Gasteiger charge is -2.29. The average molecular weight is 430 g/mol. The molecule has 2 aliphatic rings. The molecule has 0 spiro atoms. The molecular formula is C22H26N2O7. The third kappa shape index (κ3) is 4.76. The number of amides is 3. The van der Waals surface area contributed by atoms with E-state index in [2.05, 4.69) is 9.47 Å². The Morgan fingerprint density at radius 3 is 2.26 bits per heavy atom. The van der Waals surface area contributed by atoms with Crippen LogP contribution in [0.4, 0.5) is 0 Å². The molecule has 1 aromatic rings. The molecule has 0 bridgehead atoms. The fourth-order valence-corrected chi connectivity index (χ4v) is 4.05. The minimum atomic E-state index is -0.644. The van der Waals surface area contributed by atoms with E-state index in [0.717, 1.165) is 37.0 Å². The zero-order chi connectivity index (χ0) is 22.5. The summed E-state index contributed by atoms with van der Waals surface area (Å²) in [6.07, 6.45) is 4.53. The summed E-state index contributed by atoms with van der Waals surface area (Å²) in [5.74, 6) is -2.44. The summed E-state index contributed by atoms with van der Waals surface area (Å²) in [5, 5.41) is 0. The first-order chi connectivity index (χ1) is 14.9. The first-order valence-corrected chi connectivity index (χ1v) is 10.3. The quantitative estimate of drug-likeness (QED) is 0.479. The molecule has 0 atom stereocenters. The van der Waals surface area contributed by atoms with Gasteiger partial charge in [0.05, 0.1) is 31.8 Å². The van der Waals surface area contributed by atoms with Gasteiger partial charge < -0.3 is 14.4 Å². The number of nitrogens with zero attached hydrogens (tertiary/aromatic N) is 2. The van der Waals surface area contributed by atoms with Gasteiger partial charge in [-0.15, -0.1) is 0 Å². The zero-order valence-corrected chi connectivity index (χ0v) is 17.7. The van der Waals surface area contributed by atoms with Crippen molar-refractivity contribution < 1.29 is 33.4 Å². The van der Waals surface area contributed by atoms with Crippen LogP contribution >= 0.6 is 0 Å². The molecule has 9 nitrogen and oxygen atoms in total. The number of ether oxygens (including phenoxy) is 2. The maximum Gasteiger partial charge on any atom is 0.325 e. The van der Waals surface area contributed by atoms with Gasteiger partial charge in [0.15, 0.2) is 0 Å². The Morgan fingerprint density at radius 1 is 0.968 bits per heavy atom. The van der Waals surface area contributed by atoms with E-state index in [1.54, 1.807) is 0 Å². The van der Waals surface area contributed by atoms with Crippen molar-refractivity contribution in [2.75, 3.05) is 27.3 Å². The van der Waals surface area contributed by atoms with Gasteiger partial charge in [-0.25, -0.2) is 0 Å². The molecule has 31 heavy (non-hydrogen) atoms. The lowest BCUT2D eigenvalue weighted by Crippen LogP contribution is -2.40. The molecule has 0 saturated heterocycles. The van der Waals surface area contributed by atoms with Crippen molar-refractivity contribution in [1.82, 2.24) is 9.80 Å². The van der Waals surface area contributed by atoms with Crippen LogP contribution in [0.3, 0.4) is 0 Å². The fourth-order valence-electron chi connectivity index (χ4n) is 4.05. The van der Waals surface area contributed by atoms with Gasteiger partial charge in [0.1, 0.15) is 6.54 Å². The largest absolute Gasteiger partial charge is 0.469 e. The van der Waals surface area contributed by atoms with E-state index in [1.807, 2.05) is 0 Å². The number of carbonyl (C=O) groups excluding carboxylic acids is 5. The third-order valence-corrected chi connectivity index (χ3v) is 5.75. The molecule has 1 aliphatic carbocycles. The second kappa shape index (κ2) is 9.72. The first-order valence-electron chi connectivity index (χ1n) is 10.3. The standard InChI is InChI=1S/C22H26N2O7/c1-30-18(25)10-11-23(13-19(26)31-2)20(27)14-8-9-16-17(12-14)22(29)24(21(16)28)15-6-4-3-5-7-15/h8-9,12,15H,3-7,10-11,13H2,1-2H3. The molecule has 0 aromatic heterocycles. The lowest BCUT2D eigenvalue weighted by molar-refractivity contribution is -0.143. The summed E-state index contributed by atoms with van der Waals surface area (Å²) >= 11 is 0. The van der Waals surface area contributed by atoms with E-state index >= 15 is 0 Å². The van der Waals surface area contributed by atoms with Crippen LogP contribution in [0.25, 0.3) is 0 Å². The molecule has 1 fully saturated rings. The molecule has 3 amide bonds. The van der Waals surface area contributed by atoms with Crippen molar-refractivity contribution in [3.63, 3.8) is 0 Å². The van der Waals surface area contributed by atoms with Crippen LogP contribution < -0.4 is 0 Å². The minimum absolute atomic E-state index is 0.0568. The van der Waals surface area contributed by atoms with Crippen LogP contribution in [0.1, 0.15) is 69.6 Å². The van der Waals surface area contributed by atoms with E-state index in [-0.39, 0.29) is 48.1 Å². The fraction of sp³-hybridized carbons (Fsp3) is 0.500. The average Bonchev–Trinajstić information content (AvgIpc) is 3.05. The molecule has 0 N–H and O–H groups in total. The van der Waals surface area contributed by atoms with Crippen LogP contribution in [0, 0.1) is 0 Å². The number of methoxy groups -OCH3 is 2. The topological polar surface area (TPSA) is 110 Å². The maximum absolute atomic E-state index is 13.0. The Hall–Kier alpha value is -3.23. The summed E-state index contributed by atoms with van der Waals surface area (Å²) < 4.78 is 9.22. The molecule has 166 valence electrons. The van der Waals surface area contributed by atoms with Gasteiger partial charge in [-0.3, -0.25) is 28.9 Å². The van der Waals surface area contributed by atoms with E-state index in [9.17, 15) is 24.0 Å². The lowest BCUT2D eigenvalue weighted by atomic mass is 9.94. The molecule has 1 aromatic carbocycles. The van der Waals surface area contributed by atoms with Crippen LogP contribution in [-0.2, 0) is 19.1 Å². The van der Waals surface area contributed by atoms with E-state index < -0.39 is 23.8 Å². The van der Waals surface area contributed by atoms with Crippen LogP contribution in [0.15, 0.2) is 18.2 Å². The minimum Gasteiger partial charge on any atom is -0.469 e. The predicted molar refractivity (Wildman–Crippen MR) is 108 cm³/mol. The normalized spacial score (nSPS) is 16.1. The SMILES string of the molecule is COC(=O)CCN(CC(=O)OC)C(=O)c1ccc2c(c1)C(=O)N(C1CCCCC1)C2=O. The number of hydrogen-bond acceptors (Lipinski definition) is 7. The number of imide groups is 1. The van der Waals surface area contributed by atoms with Gasteiger partial charge in [0.25, 0.3) is 17.7 Å². The van der Waals surface area contributed by atoms with Crippen molar-refractivity contribution in [1.29, 1.82) is 0 Å². The van der Waals surface area contributed by atoms with Gasteiger partial charge in [0, 0.05) is 18.2 Å². The van der Waals surface area contributed by atoms with Gasteiger partial charge in [-0.1, -0.05) is 19.3 Å². The Balaban J connectivity index is 1.83. The Morgan fingerprint density at radius 2 is 1.61 bits per heavy atom. The summed E-state index contributed by atoms with van der Waals surface area (Å²) in [6, 6.07) is 4.21. The van der Waals surface area contributed by atoms with E-state index in [4.69, 9.17) is 0 Å². The molecule has 1 heterocycles. The van der Waals surface area contributed by atoms with Gasteiger partial charge in [-0.05, 0) is 31.0 Å². The summed E-state index contributed by atoms with van der Waals surface area (Å²) in [4.78, 5) is 64.5.